The quantitative estimate of drug-likeness (QED) is 0.762. The van der Waals surface area contributed by atoms with Gasteiger partial charge in [-0.1, -0.05) is 12.1 Å². The van der Waals surface area contributed by atoms with E-state index in [0.29, 0.717) is 17.3 Å². The lowest BCUT2D eigenvalue weighted by molar-refractivity contribution is 0.473. The first kappa shape index (κ1) is 12.2. The molecule has 0 aliphatic rings. The maximum absolute atomic E-state index is 9.78. The van der Waals surface area contributed by atoms with Crippen molar-refractivity contribution in [2.24, 2.45) is 0 Å². The van der Waals surface area contributed by atoms with Gasteiger partial charge in [0, 0.05) is 18.3 Å². The highest BCUT2D eigenvalue weighted by Crippen LogP contribution is 2.30. The molecule has 1 heterocycles. The van der Waals surface area contributed by atoms with E-state index in [1.54, 1.807) is 24.3 Å². The van der Waals surface area contributed by atoms with Gasteiger partial charge in [-0.3, -0.25) is 0 Å². The summed E-state index contributed by atoms with van der Waals surface area (Å²) in [7, 11) is 1.86. The van der Waals surface area contributed by atoms with Crippen LogP contribution in [0.1, 0.15) is 0 Å². The van der Waals surface area contributed by atoms with Crippen LogP contribution < -0.4 is 5.32 Å². The summed E-state index contributed by atoms with van der Waals surface area (Å²) in [6, 6.07) is 14.5. The van der Waals surface area contributed by atoms with E-state index in [2.05, 4.69) is 15.5 Å². The van der Waals surface area contributed by atoms with Gasteiger partial charge in [-0.2, -0.15) is 0 Å². The van der Waals surface area contributed by atoms with Crippen molar-refractivity contribution in [1.29, 1.82) is 0 Å². The van der Waals surface area contributed by atoms with Crippen molar-refractivity contribution in [3.63, 3.8) is 0 Å². The van der Waals surface area contributed by atoms with Gasteiger partial charge in [0.25, 0.3) is 5.89 Å². The Kier molecular flexibility index (Phi) is 3.09. The van der Waals surface area contributed by atoms with Crippen LogP contribution in [0.25, 0.3) is 22.9 Å². The van der Waals surface area contributed by atoms with Crippen molar-refractivity contribution in [3.05, 3.63) is 48.5 Å². The summed E-state index contributed by atoms with van der Waals surface area (Å²) in [5.74, 6) is 0.843. The van der Waals surface area contributed by atoms with E-state index < -0.39 is 0 Å². The van der Waals surface area contributed by atoms with Crippen molar-refractivity contribution in [2.45, 2.75) is 0 Å². The molecular weight excluding hydrogens is 254 g/mol. The number of nitrogens with one attached hydrogen (secondary N) is 1. The monoisotopic (exact) mass is 267 g/mol. The first-order valence-corrected chi connectivity index (χ1v) is 6.18. The highest BCUT2D eigenvalue weighted by atomic mass is 16.4. The molecule has 0 amide bonds. The van der Waals surface area contributed by atoms with E-state index >= 15 is 0 Å². The van der Waals surface area contributed by atoms with Crippen LogP contribution in [0.5, 0.6) is 5.75 Å². The molecular formula is C15H13N3O2. The van der Waals surface area contributed by atoms with E-state index in [4.69, 9.17) is 4.42 Å². The summed E-state index contributed by atoms with van der Waals surface area (Å²) >= 11 is 0. The fourth-order valence-corrected chi connectivity index (χ4v) is 1.88. The topological polar surface area (TPSA) is 71.2 Å². The van der Waals surface area contributed by atoms with Gasteiger partial charge >= 0.3 is 0 Å². The first-order chi connectivity index (χ1) is 9.78. The lowest BCUT2D eigenvalue weighted by atomic mass is 10.2. The average Bonchev–Trinajstić information content (AvgIpc) is 2.97. The zero-order valence-electron chi connectivity index (χ0n) is 10.9. The third-order valence-electron chi connectivity index (χ3n) is 2.98. The largest absolute Gasteiger partial charge is 0.507 e. The maximum Gasteiger partial charge on any atom is 0.251 e. The van der Waals surface area contributed by atoms with Gasteiger partial charge < -0.3 is 14.8 Å². The van der Waals surface area contributed by atoms with Crippen LogP contribution >= 0.6 is 0 Å². The summed E-state index contributed by atoms with van der Waals surface area (Å²) in [6.45, 7) is 0. The highest BCUT2D eigenvalue weighted by Gasteiger charge is 2.13. The maximum atomic E-state index is 9.78. The fraction of sp³-hybridized carbons (Fsp3) is 0.0667. The molecule has 0 bridgehead atoms. The SMILES string of the molecule is CNc1ccc(-c2nnc(-c3ccccc3O)o2)cc1. The average molecular weight is 267 g/mol. The molecule has 3 aromatic rings. The molecule has 3 rings (SSSR count). The minimum absolute atomic E-state index is 0.119. The molecule has 0 unspecified atom stereocenters. The van der Waals surface area contributed by atoms with E-state index in [9.17, 15) is 5.11 Å². The van der Waals surface area contributed by atoms with E-state index in [0.717, 1.165) is 11.3 Å². The second kappa shape index (κ2) is 5.05. The lowest BCUT2D eigenvalue weighted by Gasteiger charge is -2.00. The number of hydrogen-bond acceptors (Lipinski definition) is 5. The fourth-order valence-electron chi connectivity index (χ4n) is 1.88. The van der Waals surface area contributed by atoms with E-state index in [-0.39, 0.29) is 5.75 Å². The molecule has 100 valence electrons. The molecule has 5 nitrogen and oxygen atoms in total. The van der Waals surface area contributed by atoms with E-state index in [1.807, 2.05) is 31.3 Å². The molecule has 20 heavy (non-hydrogen) atoms. The van der Waals surface area contributed by atoms with Crippen molar-refractivity contribution in [1.82, 2.24) is 10.2 Å². The van der Waals surface area contributed by atoms with Gasteiger partial charge in [-0.05, 0) is 36.4 Å². The Bertz CT molecular complexity index is 720. The van der Waals surface area contributed by atoms with Crippen LogP contribution in [0.4, 0.5) is 5.69 Å². The van der Waals surface area contributed by atoms with Gasteiger partial charge in [0.1, 0.15) is 5.75 Å². The van der Waals surface area contributed by atoms with Crippen molar-refractivity contribution >= 4 is 5.69 Å². The molecule has 0 radical (unpaired) electrons. The van der Waals surface area contributed by atoms with Gasteiger partial charge in [0.2, 0.25) is 5.89 Å². The van der Waals surface area contributed by atoms with Crippen molar-refractivity contribution < 1.29 is 9.52 Å². The summed E-state index contributed by atoms with van der Waals surface area (Å²) in [6.07, 6.45) is 0. The lowest BCUT2D eigenvalue weighted by Crippen LogP contribution is -1.86. The van der Waals surface area contributed by atoms with Crippen LogP contribution in [0.2, 0.25) is 0 Å². The Hall–Kier alpha value is -2.82. The molecule has 0 atom stereocenters. The predicted molar refractivity (Wildman–Crippen MR) is 76.4 cm³/mol. The molecule has 0 fully saturated rings. The van der Waals surface area contributed by atoms with Gasteiger partial charge in [-0.15, -0.1) is 10.2 Å². The number of hydrogen-bond donors (Lipinski definition) is 2. The molecule has 0 aliphatic carbocycles. The molecule has 1 aromatic heterocycles. The number of anilines is 1. The van der Waals surface area contributed by atoms with Gasteiger partial charge in [0.05, 0.1) is 5.56 Å². The Balaban J connectivity index is 1.95. The minimum Gasteiger partial charge on any atom is -0.507 e. The summed E-state index contributed by atoms with van der Waals surface area (Å²) < 4.78 is 5.61. The molecule has 0 saturated carbocycles. The third-order valence-corrected chi connectivity index (χ3v) is 2.98. The number of rotatable bonds is 3. The molecule has 0 saturated heterocycles. The standard InChI is InChI=1S/C15H13N3O2/c1-16-11-8-6-10(7-9-11)14-17-18-15(20-14)12-4-2-3-5-13(12)19/h2-9,16,19H,1H3. The second-order valence-electron chi connectivity index (χ2n) is 4.26. The number of phenols is 1. The Labute approximate surface area is 115 Å². The number of nitrogens with zero attached hydrogens (tertiary/aromatic N) is 2. The molecule has 5 heteroatoms. The van der Waals surface area contributed by atoms with Gasteiger partial charge in [0.15, 0.2) is 0 Å². The second-order valence-corrected chi connectivity index (χ2v) is 4.26. The molecule has 2 aromatic carbocycles. The third kappa shape index (κ3) is 2.21. The summed E-state index contributed by atoms with van der Waals surface area (Å²) in [5, 5.41) is 20.8. The molecule has 2 N–H and O–H groups in total. The number of para-hydroxylation sites is 1. The summed E-state index contributed by atoms with van der Waals surface area (Å²) in [5.41, 5.74) is 2.37. The van der Waals surface area contributed by atoms with Crippen LogP contribution in [-0.4, -0.2) is 22.4 Å². The van der Waals surface area contributed by atoms with Crippen molar-refractivity contribution in [3.8, 4) is 28.7 Å². The van der Waals surface area contributed by atoms with Crippen LogP contribution in [0, 0.1) is 0 Å². The smallest absolute Gasteiger partial charge is 0.251 e. The first-order valence-electron chi connectivity index (χ1n) is 6.18. The van der Waals surface area contributed by atoms with Crippen LogP contribution in [0.3, 0.4) is 0 Å². The predicted octanol–water partition coefficient (Wildman–Crippen LogP) is 3.15. The zero-order chi connectivity index (χ0) is 13.9. The van der Waals surface area contributed by atoms with Crippen LogP contribution in [0.15, 0.2) is 52.9 Å². The minimum atomic E-state index is 0.119. The Morgan fingerprint density at radius 3 is 2.35 bits per heavy atom. The number of phenolic OH excluding ortho intramolecular Hbond substituents is 1. The number of aromatic hydroxyl groups is 1. The molecule has 0 spiro atoms. The highest BCUT2D eigenvalue weighted by molar-refractivity contribution is 5.64. The van der Waals surface area contributed by atoms with Gasteiger partial charge in [-0.25, -0.2) is 0 Å². The van der Waals surface area contributed by atoms with Crippen molar-refractivity contribution in [2.75, 3.05) is 12.4 Å². The zero-order valence-corrected chi connectivity index (χ0v) is 10.9. The van der Waals surface area contributed by atoms with Crippen LogP contribution in [-0.2, 0) is 0 Å². The number of benzene rings is 2. The normalized spacial score (nSPS) is 10.4. The Morgan fingerprint density at radius 2 is 1.65 bits per heavy atom. The molecule has 0 aliphatic heterocycles. The Morgan fingerprint density at radius 1 is 0.950 bits per heavy atom. The van der Waals surface area contributed by atoms with E-state index in [1.165, 1.54) is 0 Å². The summed E-state index contributed by atoms with van der Waals surface area (Å²) in [4.78, 5) is 0. The number of aromatic nitrogens is 2.